The number of aldehydes is 1. The summed E-state index contributed by atoms with van der Waals surface area (Å²) in [7, 11) is 0. The topological polar surface area (TPSA) is 35.5 Å². The molecule has 2 rings (SSSR count). The average Bonchev–Trinajstić information content (AvgIpc) is 2.49. The molecule has 110 valence electrons. The summed E-state index contributed by atoms with van der Waals surface area (Å²) < 4.78 is 11.2. The molecular weight excluding hydrogens is 311 g/mol. The first-order valence-electron chi connectivity index (χ1n) is 6.42. The number of ether oxygens (including phenoxy) is 2. The second kappa shape index (κ2) is 7.34. The van der Waals surface area contributed by atoms with E-state index in [0.717, 1.165) is 11.8 Å². The molecule has 0 atom stereocenters. The Balaban J connectivity index is 2.19. The van der Waals surface area contributed by atoms with Crippen LogP contribution in [-0.2, 0) is 6.61 Å². The van der Waals surface area contributed by atoms with Gasteiger partial charge in [0.25, 0.3) is 0 Å². The van der Waals surface area contributed by atoms with Crippen molar-refractivity contribution in [1.82, 2.24) is 0 Å². The quantitative estimate of drug-likeness (QED) is 0.717. The predicted molar refractivity (Wildman–Crippen MR) is 83.8 cm³/mol. The molecule has 0 N–H and O–H groups in total. The number of halogens is 2. The van der Waals surface area contributed by atoms with E-state index in [9.17, 15) is 4.79 Å². The van der Waals surface area contributed by atoms with Gasteiger partial charge in [-0.25, -0.2) is 0 Å². The molecule has 0 aromatic heterocycles. The molecule has 0 heterocycles. The normalized spacial score (nSPS) is 10.2. The summed E-state index contributed by atoms with van der Waals surface area (Å²) in [5.74, 6) is 1.08. The maximum absolute atomic E-state index is 10.8. The standard InChI is InChI=1S/C16H14Cl2O3/c1-2-20-16-7-11(9-19)3-6-15(16)21-10-12-8-13(17)4-5-14(12)18/h3-9H,2,10H2,1H3. The highest BCUT2D eigenvalue weighted by Crippen LogP contribution is 2.30. The Labute approximate surface area is 133 Å². The average molecular weight is 325 g/mol. The molecule has 0 saturated carbocycles. The Morgan fingerprint density at radius 3 is 2.57 bits per heavy atom. The molecule has 0 unspecified atom stereocenters. The third-order valence-corrected chi connectivity index (χ3v) is 3.40. The minimum Gasteiger partial charge on any atom is -0.490 e. The largest absolute Gasteiger partial charge is 0.490 e. The van der Waals surface area contributed by atoms with Crippen LogP contribution in [-0.4, -0.2) is 12.9 Å². The minimum absolute atomic E-state index is 0.264. The lowest BCUT2D eigenvalue weighted by molar-refractivity contribution is 0.112. The van der Waals surface area contributed by atoms with Gasteiger partial charge in [0.2, 0.25) is 0 Å². The van der Waals surface area contributed by atoms with Crippen LogP contribution in [0.25, 0.3) is 0 Å². The second-order valence-electron chi connectivity index (χ2n) is 4.28. The molecule has 21 heavy (non-hydrogen) atoms. The van der Waals surface area contributed by atoms with Crippen molar-refractivity contribution < 1.29 is 14.3 Å². The van der Waals surface area contributed by atoms with E-state index in [1.165, 1.54) is 0 Å². The fourth-order valence-electron chi connectivity index (χ4n) is 1.79. The highest BCUT2D eigenvalue weighted by atomic mass is 35.5. The van der Waals surface area contributed by atoms with Gasteiger partial charge in [0.05, 0.1) is 6.61 Å². The Bertz CT molecular complexity index is 641. The highest BCUT2D eigenvalue weighted by molar-refractivity contribution is 6.33. The third-order valence-electron chi connectivity index (χ3n) is 2.79. The minimum atomic E-state index is 0.264. The molecule has 0 radical (unpaired) electrons. The van der Waals surface area contributed by atoms with E-state index in [0.29, 0.717) is 33.7 Å². The molecule has 0 fully saturated rings. The molecule has 0 aliphatic carbocycles. The van der Waals surface area contributed by atoms with Gasteiger partial charge in [-0.15, -0.1) is 0 Å². The Hall–Kier alpha value is -1.71. The van der Waals surface area contributed by atoms with E-state index >= 15 is 0 Å². The molecule has 0 aliphatic heterocycles. The molecule has 0 amide bonds. The van der Waals surface area contributed by atoms with Crippen LogP contribution in [0.1, 0.15) is 22.8 Å². The highest BCUT2D eigenvalue weighted by Gasteiger charge is 2.08. The molecule has 2 aromatic rings. The van der Waals surface area contributed by atoms with Crippen LogP contribution >= 0.6 is 23.2 Å². The smallest absolute Gasteiger partial charge is 0.161 e. The second-order valence-corrected chi connectivity index (χ2v) is 5.13. The zero-order valence-corrected chi connectivity index (χ0v) is 12.9. The van der Waals surface area contributed by atoms with Crippen LogP contribution in [0.15, 0.2) is 36.4 Å². The van der Waals surface area contributed by atoms with Gasteiger partial charge in [-0.2, -0.15) is 0 Å². The summed E-state index contributed by atoms with van der Waals surface area (Å²) in [6.07, 6.45) is 0.764. The first-order valence-corrected chi connectivity index (χ1v) is 7.18. The van der Waals surface area contributed by atoms with Gasteiger partial charge < -0.3 is 9.47 Å². The fourth-order valence-corrected chi connectivity index (χ4v) is 2.16. The van der Waals surface area contributed by atoms with E-state index in [-0.39, 0.29) is 6.61 Å². The van der Waals surface area contributed by atoms with Crippen LogP contribution in [0.3, 0.4) is 0 Å². The molecule has 0 aliphatic rings. The lowest BCUT2D eigenvalue weighted by Gasteiger charge is -2.13. The van der Waals surface area contributed by atoms with Crippen LogP contribution in [0.4, 0.5) is 0 Å². The number of hydrogen-bond acceptors (Lipinski definition) is 3. The van der Waals surface area contributed by atoms with Crippen molar-refractivity contribution in [3.63, 3.8) is 0 Å². The van der Waals surface area contributed by atoms with Crippen molar-refractivity contribution in [2.75, 3.05) is 6.61 Å². The van der Waals surface area contributed by atoms with E-state index in [1.54, 1.807) is 36.4 Å². The SMILES string of the molecule is CCOc1cc(C=O)ccc1OCc1cc(Cl)ccc1Cl. The number of carbonyl (C=O) groups excluding carboxylic acids is 1. The zero-order chi connectivity index (χ0) is 15.2. The van der Waals surface area contributed by atoms with E-state index in [1.807, 2.05) is 6.92 Å². The molecule has 3 nitrogen and oxygen atoms in total. The van der Waals surface area contributed by atoms with Crippen LogP contribution in [0.5, 0.6) is 11.5 Å². The van der Waals surface area contributed by atoms with Crippen LogP contribution in [0.2, 0.25) is 10.0 Å². The summed E-state index contributed by atoms with van der Waals surface area (Å²) in [5, 5.41) is 1.18. The predicted octanol–water partition coefficient (Wildman–Crippen LogP) is 4.78. The molecule has 5 heteroatoms. The van der Waals surface area contributed by atoms with Crippen molar-refractivity contribution in [2.24, 2.45) is 0 Å². The lowest BCUT2D eigenvalue weighted by Crippen LogP contribution is -2.01. The van der Waals surface area contributed by atoms with Gasteiger partial charge in [-0.05, 0) is 43.3 Å². The van der Waals surface area contributed by atoms with Gasteiger partial charge in [-0.3, -0.25) is 4.79 Å². The number of rotatable bonds is 6. The zero-order valence-electron chi connectivity index (χ0n) is 11.4. The molecule has 0 saturated heterocycles. The molecule has 0 spiro atoms. The number of benzene rings is 2. The van der Waals surface area contributed by atoms with Crippen molar-refractivity contribution in [2.45, 2.75) is 13.5 Å². The van der Waals surface area contributed by atoms with Crippen molar-refractivity contribution >= 4 is 29.5 Å². The lowest BCUT2D eigenvalue weighted by atomic mass is 10.2. The van der Waals surface area contributed by atoms with Gasteiger partial charge in [0.15, 0.2) is 11.5 Å². The number of carbonyl (C=O) groups is 1. The first kappa shape index (κ1) is 15.7. The van der Waals surface area contributed by atoms with Gasteiger partial charge in [0, 0.05) is 21.2 Å². The summed E-state index contributed by atoms with van der Waals surface area (Å²) in [4.78, 5) is 10.8. The van der Waals surface area contributed by atoms with E-state index in [4.69, 9.17) is 32.7 Å². The van der Waals surface area contributed by atoms with Gasteiger partial charge >= 0.3 is 0 Å². The van der Waals surface area contributed by atoms with Crippen molar-refractivity contribution in [3.05, 3.63) is 57.6 Å². The summed E-state index contributed by atoms with van der Waals surface area (Å²) in [6, 6.07) is 10.2. The molecular formula is C16H14Cl2O3. The molecule has 2 aromatic carbocycles. The van der Waals surface area contributed by atoms with Crippen molar-refractivity contribution in [1.29, 1.82) is 0 Å². The fraction of sp³-hybridized carbons (Fsp3) is 0.188. The maximum Gasteiger partial charge on any atom is 0.161 e. The Kier molecular flexibility index (Phi) is 5.48. The monoisotopic (exact) mass is 324 g/mol. The molecule has 0 bridgehead atoms. The van der Waals surface area contributed by atoms with Gasteiger partial charge in [-0.1, -0.05) is 23.2 Å². The Morgan fingerprint density at radius 2 is 1.86 bits per heavy atom. The first-order chi connectivity index (χ1) is 10.1. The van der Waals surface area contributed by atoms with E-state index in [2.05, 4.69) is 0 Å². The summed E-state index contributed by atoms with van der Waals surface area (Å²) in [6.45, 7) is 2.61. The van der Waals surface area contributed by atoms with Gasteiger partial charge in [0.1, 0.15) is 12.9 Å². The van der Waals surface area contributed by atoms with Crippen molar-refractivity contribution in [3.8, 4) is 11.5 Å². The van der Waals surface area contributed by atoms with E-state index < -0.39 is 0 Å². The summed E-state index contributed by atoms with van der Waals surface area (Å²) in [5.41, 5.74) is 1.32. The van der Waals surface area contributed by atoms with Crippen LogP contribution in [0, 0.1) is 0 Å². The maximum atomic E-state index is 10.8. The Morgan fingerprint density at radius 1 is 1.05 bits per heavy atom. The third kappa shape index (κ3) is 4.13. The summed E-state index contributed by atoms with van der Waals surface area (Å²) >= 11 is 12.0. The van der Waals surface area contributed by atoms with Crippen LogP contribution < -0.4 is 9.47 Å². The number of hydrogen-bond donors (Lipinski definition) is 0.